The summed E-state index contributed by atoms with van der Waals surface area (Å²) in [6, 6.07) is 6.96. The van der Waals surface area contributed by atoms with Crippen LogP contribution >= 0.6 is 0 Å². The molecule has 0 amide bonds. The van der Waals surface area contributed by atoms with Crippen molar-refractivity contribution < 1.29 is 23.6 Å². The second-order valence-corrected chi connectivity index (χ2v) is 10.3. The van der Waals surface area contributed by atoms with Crippen molar-refractivity contribution in [1.82, 2.24) is 4.72 Å². The van der Waals surface area contributed by atoms with Crippen molar-refractivity contribution in [2.45, 2.75) is 64.9 Å². The van der Waals surface area contributed by atoms with Gasteiger partial charge in [-0.15, -0.1) is 0 Å². The van der Waals surface area contributed by atoms with E-state index in [1.54, 1.807) is 7.11 Å². The molecule has 0 saturated carbocycles. The van der Waals surface area contributed by atoms with Crippen LogP contribution in [0.15, 0.2) is 24.3 Å². The van der Waals surface area contributed by atoms with E-state index in [-0.39, 0.29) is 25.7 Å². The molecule has 0 aliphatic rings. The molecule has 0 unspecified atom stereocenters. The highest BCUT2D eigenvalue weighted by molar-refractivity contribution is 7.84. The van der Waals surface area contributed by atoms with E-state index in [2.05, 4.69) is 4.72 Å². The molecule has 1 aromatic carbocycles. The number of aliphatic hydroxyl groups excluding tert-OH is 1. The summed E-state index contributed by atoms with van der Waals surface area (Å²) in [5.74, 6) is 0.0648. The molecule has 0 radical (unpaired) electrons. The Morgan fingerprint density at radius 3 is 2.29 bits per heavy atom. The Morgan fingerprint density at radius 2 is 1.82 bits per heavy atom. The first-order valence-corrected chi connectivity index (χ1v) is 10.8. The van der Waals surface area contributed by atoms with E-state index in [4.69, 9.17) is 9.47 Å². The summed E-state index contributed by atoms with van der Waals surface area (Å²) in [4.78, 5) is 12.8. The number of rotatable bonds is 11. The van der Waals surface area contributed by atoms with E-state index < -0.39 is 27.6 Å². The minimum Gasteiger partial charge on any atom is -0.497 e. The average molecular weight is 414 g/mol. The van der Waals surface area contributed by atoms with Crippen LogP contribution in [0.3, 0.4) is 0 Å². The van der Waals surface area contributed by atoms with Gasteiger partial charge >= 0.3 is 5.97 Å². The van der Waals surface area contributed by atoms with Crippen LogP contribution in [0.25, 0.3) is 0 Å². The van der Waals surface area contributed by atoms with Crippen LogP contribution in [-0.4, -0.2) is 39.8 Å². The number of esters is 1. The molecule has 0 aliphatic carbocycles. The predicted molar refractivity (Wildman–Crippen MR) is 112 cm³/mol. The fraction of sp³-hybridized carbons (Fsp3) is 0.667. The number of benzene rings is 1. The third-order valence-corrected chi connectivity index (χ3v) is 5.94. The van der Waals surface area contributed by atoms with Gasteiger partial charge < -0.3 is 14.6 Å². The lowest BCUT2D eigenvalue weighted by Gasteiger charge is -2.30. The van der Waals surface area contributed by atoms with Gasteiger partial charge in [0.2, 0.25) is 0 Å². The Kier molecular flexibility index (Phi) is 10.1. The molecule has 1 rings (SSSR count). The van der Waals surface area contributed by atoms with Crippen molar-refractivity contribution in [1.29, 1.82) is 0 Å². The molecule has 0 aliphatic heterocycles. The van der Waals surface area contributed by atoms with E-state index in [1.165, 1.54) is 0 Å². The molecule has 0 aromatic heterocycles. The highest BCUT2D eigenvalue weighted by atomic mass is 32.2. The first kappa shape index (κ1) is 24.6. The molecule has 3 atom stereocenters. The molecule has 160 valence electrons. The summed E-state index contributed by atoms with van der Waals surface area (Å²) >= 11 is 0. The molecule has 7 heteroatoms. The quantitative estimate of drug-likeness (QED) is 0.544. The minimum atomic E-state index is -1.32. The van der Waals surface area contributed by atoms with Crippen LogP contribution in [0.2, 0.25) is 0 Å². The molecule has 6 nitrogen and oxygen atoms in total. The summed E-state index contributed by atoms with van der Waals surface area (Å²) in [6.07, 6.45) is 0.914. The molecule has 0 saturated heterocycles. The van der Waals surface area contributed by atoms with Gasteiger partial charge in [-0.1, -0.05) is 26.0 Å². The van der Waals surface area contributed by atoms with Gasteiger partial charge in [-0.05, 0) is 57.2 Å². The summed E-state index contributed by atoms with van der Waals surface area (Å²) < 4.78 is 25.9. The van der Waals surface area contributed by atoms with Crippen LogP contribution in [0.1, 0.15) is 53.0 Å². The van der Waals surface area contributed by atoms with Gasteiger partial charge in [-0.25, -0.2) is 8.93 Å². The highest BCUT2D eigenvalue weighted by Crippen LogP contribution is 2.22. The van der Waals surface area contributed by atoms with Gasteiger partial charge in [-0.3, -0.25) is 4.79 Å². The third kappa shape index (κ3) is 8.29. The molecule has 28 heavy (non-hydrogen) atoms. The van der Waals surface area contributed by atoms with Crippen molar-refractivity contribution in [2.24, 2.45) is 11.8 Å². The lowest BCUT2D eigenvalue weighted by molar-refractivity contribution is -0.151. The van der Waals surface area contributed by atoms with Gasteiger partial charge in [-0.2, -0.15) is 0 Å². The summed E-state index contributed by atoms with van der Waals surface area (Å²) in [5.41, 5.74) is 0.850. The number of carbonyl (C=O) groups excluding carboxylic acids is 1. The monoisotopic (exact) mass is 413 g/mol. The largest absolute Gasteiger partial charge is 0.497 e. The topological polar surface area (TPSA) is 84.9 Å². The highest BCUT2D eigenvalue weighted by Gasteiger charge is 2.33. The zero-order valence-electron chi connectivity index (χ0n) is 17.9. The van der Waals surface area contributed by atoms with Crippen molar-refractivity contribution in [3.05, 3.63) is 29.8 Å². The Hall–Kier alpha value is -1.44. The zero-order chi connectivity index (χ0) is 21.3. The molecule has 0 heterocycles. The van der Waals surface area contributed by atoms with E-state index in [1.807, 2.05) is 58.9 Å². The maximum absolute atomic E-state index is 12.8. The van der Waals surface area contributed by atoms with E-state index >= 15 is 0 Å². The van der Waals surface area contributed by atoms with Gasteiger partial charge in [0.1, 0.15) is 12.4 Å². The second kappa shape index (κ2) is 11.5. The Morgan fingerprint density at radius 1 is 1.21 bits per heavy atom. The van der Waals surface area contributed by atoms with Crippen LogP contribution < -0.4 is 9.46 Å². The maximum Gasteiger partial charge on any atom is 0.310 e. The number of methoxy groups -OCH3 is 1. The van der Waals surface area contributed by atoms with Crippen molar-refractivity contribution in [2.75, 3.05) is 13.7 Å². The number of carbonyl (C=O) groups is 1. The zero-order valence-corrected chi connectivity index (χ0v) is 18.7. The van der Waals surface area contributed by atoms with Gasteiger partial charge in [0.25, 0.3) is 0 Å². The van der Waals surface area contributed by atoms with Gasteiger partial charge in [0, 0.05) is 12.6 Å². The molecule has 1 aromatic rings. The van der Waals surface area contributed by atoms with Crippen molar-refractivity contribution in [3.8, 4) is 5.75 Å². The Balaban J connectivity index is 2.87. The van der Waals surface area contributed by atoms with Crippen molar-refractivity contribution in [3.63, 3.8) is 0 Å². The molecule has 0 spiro atoms. The van der Waals surface area contributed by atoms with E-state index in [0.717, 1.165) is 11.3 Å². The number of nitrogens with one attached hydrogen (secondary N) is 1. The van der Waals surface area contributed by atoms with Crippen LogP contribution in [0.5, 0.6) is 5.75 Å². The molecule has 2 N–H and O–H groups in total. The number of hydrogen-bond acceptors (Lipinski definition) is 5. The Labute approximate surface area is 171 Å². The molecular formula is C21H35NO5S. The smallest absolute Gasteiger partial charge is 0.310 e. The van der Waals surface area contributed by atoms with Crippen molar-refractivity contribution >= 4 is 17.0 Å². The second-order valence-electron chi connectivity index (χ2n) is 8.31. The van der Waals surface area contributed by atoms with E-state index in [9.17, 15) is 14.1 Å². The maximum atomic E-state index is 12.8. The standard InChI is InChI=1S/C21H35NO5S/c1-15(2)13-19(22-28(25)21(3,4)5)18(11-12-23)20(24)27-14-16-7-9-17(26-6)10-8-16/h7-10,15,18-19,22-23H,11-14H2,1-6H3/t18-,19+,28+/m0/s1. The Bertz CT molecular complexity index is 625. The first-order chi connectivity index (χ1) is 13.1. The average Bonchev–Trinajstić information content (AvgIpc) is 2.62. The number of ether oxygens (including phenoxy) is 2. The summed E-state index contributed by atoms with van der Waals surface area (Å²) in [5, 5.41) is 9.48. The van der Waals surface area contributed by atoms with Crippen LogP contribution in [0, 0.1) is 11.8 Å². The SMILES string of the molecule is COc1ccc(COC(=O)[C@@H](CCO)[C@@H](CC(C)C)N[S@](=O)C(C)(C)C)cc1. The van der Waals surface area contributed by atoms with Gasteiger partial charge in [0.05, 0.1) is 28.8 Å². The number of hydrogen-bond donors (Lipinski definition) is 2. The fourth-order valence-electron chi connectivity index (χ4n) is 2.72. The summed E-state index contributed by atoms with van der Waals surface area (Å²) in [7, 11) is 0.274. The summed E-state index contributed by atoms with van der Waals surface area (Å²) in [6.45, 7) is 9.74. The molecular weight excluding hydrogens is 378 g/mol. The van der Waals surface area contributed by atoms with Gasteiger partial charge in [0.15, 0.2) is 0 Å². The minimum absolute atomic E-state index is 0.138. The first-order valence-electron chi connectivity index (χ1n) is 9.67. The third-order valence-electron chi connectivity index (χ3n) is 4.31. The molecule has 0 bridgehead atoms. The predicted octanol–water partition coefficient (Wildman–Crippen LogP) is 3.20. The lowest BCUT2D eigenvalue weighted by Crippen LogP contribution is -2.47. The van der Waals surface area contributed by atoms with E-state index in [0.29, 0.717) is 12.3 Å². The van der Waals surface area contributed by atoms with Crippen LogP contribution in [-0.2, 0) is 27.1 Å². The van der Waals surface area contributed by atoms with Crippen LogP contribution in [0.4, 0.5) is 0 Å². The lowest BCUT2D eigenvalue weighted by atomic mass is 9.90. The molecule has 0 fully saturated rings. The normalized spacial score (nSPS) is 15.1. The fourth-order valence-corrected chi connectivity index (χ4v) is 3.61. The number of aliphatic hydroxyl groups is 1.